The molecule has 88 valence electrons. The second-order valence-electron chi connectivity index (χ2n) is 4.30. The largest absolute Gasteiger partial charge is 0.491 e. The molecule has 2 rings (SSSR count). The summed E-state index contributed by atoms with van der Waals surface area (Å²) in [5.41, 5.74) is 1.08. The molecule has 0 saturated heterocycles. The van der Waals surface area contributed by atoms with Crippen LogP contribution in [0.3, 0.4) is 0 Å². The van der Waals surface area contributed by atoms with Crippen molar-refractivity contribution in [3.8, 4) is 5.75 Å². The molecule has 0 bridgehead atoms. The predicted octanol–water partition coefficient (Wildman–Crippen LogP) is 1.98. The molecule has 1 aliphatic carbocycles. The fraction of sp³-hybridized carbons (Fsp3) is 0.538. The summed E-state index contributed by atoms with van der Waals surface area (Å²) in [7, 11) is 1.67. The average molecular weight is 222 g/mol. The minimum absolute atomic E-state index is 0.314. The van der Waals surface area contributed by atoms with E-state index in [1.165, 1.54) is 0 Å². The summed E-state index contributed by atoms with van der Waals surface area (Å²) >= 11 is 0. The van der Waals surface area contributed by atoms with Crippen LogP contribution in [-0.4, -0.2) is 24.9 Å². The van der Waals surface area contributed by atoms with Gasteiger partial charge < -0.3 is 14.6 Å². The zero-order valence-corrected chi connectivity index (χ0v) is 9.56. The van der Waals surface area contributed by atoms with E-state index in [0.29, 0.717) is 19.1 Å². The summed E-state index contributed by atoms with van der Waals surface area (Å²) in [6.45, 7) is 0.976. The number of aliphatic hydroxyl groups excluding tert-OH is 1. The van der Waals surface area contributed by atoms with E-state index < -0.39 is 0 Å². The van der Waals surface area contributed by atoms with Crippen LogP contribution in [0.1, 0.15) is 18.4 Å². The first-order chi connectivity index (χ1) is 7.79. The number of ether oxygens (including phenoxy) is 2. The van der Waals surface area contributed by atoms with Crippen molar-refractivity contribution in [1.82, 2.24) is 0 Å². The molecule has 0 radical (unpaired) electrons. The monoisotopic (exact) mass is 222 g/mol. The predicted molar refractivity (Wildman–Crippen MR) is 61.4 cm³/mol. The number of methoxy groups -OCH3 is 1. The number of rotatable bonds is 6. The molecule has 1 aromatic rings. The smallest absolute Gasteiger partial charge is 0.119 e. The lowest BCUT2D eigenvalue weighted by molar-refractivity contribution is 0.0893. The van der Waals surface area contributed by atoms with E-state index in [0.717, 1.165) is 24.2 Å². The van der Waals surface area contributed by atoms with Crippen LogP contribution < -0.4 is 4.74 Å². The second kappa shape index (κ2) is 5.32. The number of aliphatic hydroxyl groups is 1. The first-order valence-electron chi connectivity index (χ1n) is 5.68. The van der Waals surface area contributed by atoms with Crippen molar-refractivity contribution in [3.63, 3.8) is 0 Å². The normalized spacial score (nSPS) is 17.1. The van der Waals surface area contributed by atoms with Crippen molar-refractivity contribution < 1.29 is 14.6 Å². The first kappa shape index (κ1) is 11.4. The van der Waals surface area contributed by atoms with Gasteiger partial charge in [0.1, 0.15) is 12.4 Å². The third-order valence-corrected chi connectivity index (χ3v) is 2.80. The Morgan fingerprint density at radius 1 is 1.44 bits per heavy atom. The maximum atomic E-state index is 9.67. The highest BCUT2D eigenvalue weighted by Crippen LogP contribution is 2.32. The molecule has 0 amide bonds. The Morgan fingerprint density at radius 3 is 2.94 bits per heavy atom. The summed E-state index contributed by atoms with van der Waals surface area (Å²) < 4.78 is 10.6. The van der Waals surface area contributed by atoms with Crippen molar-refractivity contribution in [2.24, 2.45) is 5.92 Å². The van der Waals surface area contributed by atoms with Crippen LogP contribution in [0, 0.1) is 5.92 Å². The average Bonchev–Trinajstić information content (AvgIpc) is 3.11. The Bertz CT molecular complexity index is 334. The standard InChI is InChI=1S/C13H18O3/c1-15-8-10-3-2-4-12(7-10)16-9-13(14)11-5-6-11/h2-4,7,11,13-14H,5-6,8-9H2,1H3. The number of hydrogen-bond acceptors (Lipinski definition) is 3. The molecular weight excluding hydrogens is 204 g/mol. The quantitative estimate of drug-likeness (QED) is 0.800. The highest BCUT2D eigenvalue weighted by Gasteiger charge is 2.29. The van der Waals surface area contributed by atoms with E-state index in [2.05, 4.69) is 0 Å². The van der Waals surface area contributed by atoms with Gasteiger partial charge in [0.15, 0.2) is 0 Å². The molecule has 1 saturated carbocycles. The fourth-order valence-electron chi connectivity index (χ4n) is 1.69. The van der Waals surface area contributed by atoms with Crippen LogP contribution in [0.15, 0.2) is 24.3 Å². The van der Waals surface area contributed by atoms with Crippen molar-refractivity contribution >= 4 is 0 Å². The minimum atomic E-state index is -0.314. The van der Waals surface area contributed by atoms with E-state index in [-0.39, 0.29) is 6.10 Å². The molecule has 0 aromatic heterocycles. The van der Waals surface area contributed by atoms with Gasteiger partial charge in [-0.15, -0.1) is 0 Å². The Morgan fingerprint density at radius 2 is 2.25 bits per heavy atom. The van der Waals surface area contributed by atoms with Crippen molar-refractivity contribution in [2.75, 3.05) is 13.7 Å². The second-order valence-corrected chi connectivity index (χ2v) is 4.30. The molecule has 0 heterocycles. The van der Waals surface area contributed by atoms with Crippen molar-refractivity contribution in [2.45, 2.75) is 25.6 Å². The number of hydrogen-bond donors (Lipinski definition) is 1. The molecular formula is C13H18O3. The minimum Gasteiger partial charge on any atom is -0.491 e. The lowest BCUT2D eigenvalue weighted by Crippen LogP contribution is -2.19. The van der Waals surface area contributed by atoms with Crippen molar-refractivity contribution in [1.29, 1.82) is 0 Å². The summed E-state index contributed by atoms with van der Waals surface area (Å²) in [6, 6.07) is 7.78. The first-order valence-corrected chi connectivity index (χ1v) is 5.68. The maximum Gasteiger partial charge on any atom is 0.119 e. The van der Waals surface area contributed by atoms with Crippen LogP contribution >= 0.6 is 0 Å². The van der Waals surface area contributed by atoms with Gasteiger partial charge in [0, 0.05) is 7.11 Å². The van der Waals surface area contributed by atoms with Gasteiger partial charge in [0.2, 0.25) is 0 Å². The van der Waals surface area contributed by atoms with Gasteiger partial charge >= 0.3 is 0 Å². The van der Waals surface area contributed by atoms with E-state index in [4.69, 9.17) is 9.47 Å². The van der Waals surface area contributed by atoms with Gasteiger partial charge in [-0.3, -0.25) is 0 Å². The summed E-state index contributed by atoms with van der Waals surface area (Å²) in [5, 5.41) is 9.67. The van der Waals surface area contributed by atoms with Crippen LogP contribution in [0.4, 0.5) is 0 Å². The molecule has 3 nitrogen and oxygen atoms in total. The van der Waals surface area contributed by atoms with E-state index >= 15 is 0 Å². The van der Waals surface area contributed by atoms with Gasteiger partial charge in [-0.25, -0.2) is 0 Å². The molecule has 1 fully saturated rings. The number of benzene rings is 1. The van der Waals surface area contributed by atoms with Gasteiger partial charge in [-0.05, 0) is 36.5 Å². The SMILES string of the molecule is COCc1cccc(OCC(O)C2CC2)c1. The summed E-state index contributed by atoms with van der Waals surface area (Å²) in [6.07, 6.45) is 1.95. The zero-order chi connectivity index (χ0) is 11.4. The zero-order valence-electron chi connectivity index (χ0n) is 9.56. The molecule has 1 unspecified atom stereocenters. The maximum absolute atomic E-state index is 9.67. The molecule has 1 aromatic carbocycles. The molecule has 0 aliphatic heterocycles. The highest BCUT2D eigenvalue weighted by molar-refractivity contribution is 5.28. The van der Waals surface area contributed by atoms with E-state index in [9.17, 15) is 5.11 Å². The lowest BCUT2D eigenvalue weighted by atomic mass is 10.2. The Balaban J connectivity index is 1.85. The van der Waals surface area contributed by atoms with Crippen LogP contribution in [0.2, 0.25) is 0 Å². The van der Waals surface area contributed by atoms with Gasteiger partial charge in [-0.1, -0.05) is 12.1 Å². The molecule has 1 aliphatic rings. The van der Waals surface area contributed by atoms with Gasteiger partial charge in [0.05, 0.1) is 12.7 Å². The topological polar surface area (TPSA) is 38.7 Å². The van der Waals surface area contributed by atoms with Crippen LogP contribution in [0.25, 0.3) is 0 Å². The Labute approximate surface area is 96.0 Å². The lowest BCUT2D eigenvalue weighted by Gasteiger charge is -2.12. The van der Waals surface area contributed by atoms with Crippen LogP contribution in [0.5, 0.6) is 5.75 Å². The molecule has 3 heteroatoms. The van der Waals surface area contributed by atoms with Gasteiger partial charge in [-0.2, -0.15) is 0 Å². The Hall–Kier alpha value is -1.06. The van der Waals surface area contributed by atoms with Crippen LogP contribution in [-0.2, 0) is 11.3 Å². The fourth-order valence-corrected chi connectivity index (χ4v) is 1.69. The van der Waals surface area contributed by atoms with Gasteiger partial charge in [0.25, 0.3) is 0 Å². The molecule has 1 atom stereocenters. The van der Waals surface area contributed by atoms with E-state index in [1.54, 1.807) is 7.11 Å². The molecule has 1 N–H and O–H groups in total. The highest BCUT2D eigenvalue weighted by atomic mass is 16.5. The Kier molecular flexibility index (Phi) is 3.80. The van der Waals surface area contributed by atoms with E-state index in [1.807, 2.05) is 24.3 Å². The summed E-state index contributed by atoms with van der Waals surface area (Å²) in [5.74, 6) is 1.26. The third-order valence-electron chi connectivity index (χ3n) is 2.80. The third kappa shape index (κ3) is 3.22. The summed E-state index contributed by atoms with van der Waals surface area (Å²) in [4.78, 5) is 0. The molecule has 16 heavy (non-hydrogen) atoms. The van der Waals surface area contributed by atoms with Crippen molar-refractivity contribution in [3.05, 3.63) is 29.8 Å². The molecule has 0 spiro atoms.